The van der Waals surface area contributed by atoms with Crippen LogP contribution < -0.4 is 5.32 Å². The summed E-state index contributed by atoms with van der Waals surface area (Å²) in [4.78, 5) is 0. The van der Waals surface area contributed by atoms with Crippen LogP contribution in [0.2, 0.25) is 0 Å². The average molecular weight is 229 g/mol. The Morgan fingerprint density at radius 3 is 2.75 bits per heavy atom. The number of aryl methyl sites for hydroxylation is 1. The number of alkyl halides is 1. The zero-order valence-electron chi connectivity index (χ0n) is 9.06. The molecule has 0 spiro atoms. The summed E-state index contributed by atoms with van der Waals surface area (Å²) in [5.41, 5.74) is -0.156. The Hall–Kier alpha value is -1.03. The second-order valence-corrected chi connectivity index (χ2v) is 4.20. The average Bonchev–Trinajstić information content (AvgIpc) is 2.77. The molecule has 1 saturated heterocycles. The van der Waals surface area contributed by atoms with Crippen molar-refractivity contribution in [1.82, 2.24) is 5.32 Å². The van der Waals surface area contributed by atoms with E-state index in [0.29, 0.717) is 13.0 Å². The van der Waals surface area contributed by atoms with Crippen LogP contribution in [0, 0.1) is 18.6 Å². The van der Waals surface area contributed by atoms with Gasteiger partial charge in [0.05, 0.1) is 5.56 Å². The molecule has 1 N–H and O–H groups in total. The van der Waals surface area contributed by atoms with Crippen LogP contribution in [0.3, 0.4) is 0 Å². The van der Waals surface area contributed by atoms with E-state index in [-0.39, 0.29) is 5.56 Å². The van der Waals surface area contributed by atoms with Gasteiger partial charge in [-0.2, -0.15) is 0 Å². The van der Waals surface area contributed by atoms with Gasteiger partial charge in [-0.3, -0.25) is 0 Å². The lowest BCUT2D eigenvalue weighted by atomic mass is 9.99. The highest BCUT2D eigenvalue weighted by Crippen LogP contribution is 2.31. The molecule has 1 aliphatic heterocycles. The smallest absolute Gasteiger partial charge is 0.146 e. The van der Waals surface area contributed by atoms with Crippen molar-refractivity contribution in [2.45, 2.75) is 32.0 Å². The molecule has 1 fully saturated rings. The molecule has 16 heavy (non-hydrogen) atoms. The van der Waals surface area contributed by atoms with Crippen molar-refractivity contribution in [2.24, 2.45) is 0 Å². The van der Waals surface area contributed by atoms with E-state index in [1.54, 1.807) is 0 Å². The number of hydrogen-bond donors (Lipinski definition) is 1. The Balaban J connectivity index is 2.34. The molecule has 2 atom stereocenters. The van der Waals surface area contributed by atoms with Crippen molar-refractivity contribution >= 4 is 0 Å². The van der Waals surface area contributed by atoms with Crippen molar-refractivity contribution in [1.29, 1.82) is 0 Å². The Kier molecular flexibility index (Phi) is 3.19. The summed E-state index contributed by atoms with van der Waals surface area (Å²) in [7, 11) is 0. The molecule has 0 saturated carbocycles. The largest absolute Gasteiger partial charge is 0.311 e. The molecule has 1 heterocycles. The van der Waals surface area contributed by atoms with E-state index in [9.17, 15) is 13.2 Å². The van der Waals surface area contributed by atoms with E-state index in [4.69, 9.17) is 0 Å². The minimum Gasteiger partial charge on any atom is -0.311 e. The maximum atomic E-state index is 14.0. The highest BCUT2D eigenvalue weighted by atomic mass is 19.2. The molecule has 0 amide bonds. The van der Waals surface area contributed by atoms with Gasteiger partial charge in [0.25, 0.3) is 0 Å². The van der Waals surface area contributed by atoms with Crippen LogP contribution >= 0.6 is 0 Å². The molecule has 0 radical (unpaired) electrons. The Morgan fingerprint density at radius 2 is 2.12 bits per heavy atom. The Bertz CT molecular complexity index is 386. The van der Waals surface area contributed by atoms with Crippen LogP contribution in [0.4, 0.5) is 13.2 Å². The molecule has 0 bridgehead atoms. The van der Waals surface area contributed by atoms with Crippen molar-refractivity contribution in [2.75, 3.05) is 6.54 Å². The monoisotopic (exact) mass is 229 g/mol. The van der Waals surface area contributed by atoms with Crippen LogP contribution in [-0.4, -0.2) is 12.6 Å². The summed E-state index contributed by atoms with van der Waals surface area (Å²) in [5.74, 6) is -1.56. The van der Waals surface area contributed by atoms with Crippen molar-refractivity contribution in [3.05, 3.63) is 34.9 Å². The third-order valence-electron chi connectivity index (χ3n) is 3.05. The number of hydrogen-bond acceptors (Lipinski definition) is 1. The summed E-state index contributed by atoms with van der Waals surface area (Å²) in [6.45, 7) is 2.22. The van der Waals surface area contributed by atoms with Crippen LogP contribution in [0.25, 0.3) is 0 Å². The summed E-state index contributed by atoms with van der Waals surface area (Å²) in [6.07, 6.45) is -0.142. The molecule has 1 nitrogen and oxygen atoms in total. The molecular formula is C12H14F3N. The fourth-order valence-electron chi connectivity index (χ4n) is 2.09. The van der Waals surface area contributed by atoms with Crippen LogP contribution in [-0.2, 0) is 0 Å². The first-order valence-corrected chi connectivity index (χ1v) is 5.43. The van der Waals surface area contributed by atoms with Gasteiger partial charge in [0.2, 0.25) is 0 Å². The molecule has 2 rings (SSSR count). The minimum absolute atomic E-state index is 0.275. The summed E-state index contributed by atoms with van der Waals surface area (Å²) in [5, 5.41) is 2.92. The number of halogens is 3. The first-order valence-electron chi connectivity index (χ1n) is 5.43. The molecule has 1 aliphatic rings. The first-order chi connectivity index (χ1) is 7.61. The Labute approximate surface area is 92.7 Å². The molecule has 1 aromatic rings. The Morgan fingerprint density at radius 1 is 1.38 bits per heavy atom. The fraction of sp³-hybridized carbons (Fsp3) is 0.500. The minimum atomic E-state index is -1.61. The summed E-state index contributed by atoms with van der Waals surface area (Å²) in [6, 6.07) is 1.98. The maximum Gasteiger partial charge on any atom is 0.146 e. The van der Waals surface area contributed by atoms with E-state index in [1.807, 2.05) is 0 Å². The van der Waals surface area contributed by atoms with Crippen molar-refractivity contribution < 1.29 is 13.2 Å². The predicted octanol–water partition coefficient (Wildman–Crippen LogP) is 3.04. The molecule has 2 unspecified atom stereocenters. The lowest BCUT2D eigenvalue weighted by Crippen LogP contribution is -2.27. The van der Waals surface area contributed by atoms with Gasteiger partial charge < -0.3 is 5.32 Å². The molecule has 0 aromatic heterocycles. The lowest BCUT2D eigenvalue weighted by Gasteiger charge is -2.18. The van der Waals surface area contributed by atoms with Crippen molar-refractivity contribution in [3.63, 3.8) is 0 Å². The second kappa shape index (κ2) is 4.45. The molecular weight excluding hydrogens is 215 g/mol. The standard InChI is InChI=1S/C12H14F3N/c1-7-4-5-8(13)10(11(7)14)12(15)9-3-2-6-16-9/h4-5,9,12,16H,2-3,6H2,1H3. The van der Waals surface area contributed by atoms with Gasteiger partial charge in [0.1, 0.15) is 17.8 Å². The molecule has 0 aliphatic carbocycles. The summed E-state index contributed by atoms with van der Waals surface area (Å²) < 4.78 is 41.1. The van der Waals surface area contributed by atoms with Gasteiger partial charge >= 0.3 is 0 Å². The molecule has 1 aromatic carbocycles. The van der Waals surface area contributed by atoms with Gasteiger partial charge in [0, 0.05) is 6.04 Å². The number of nitrogens with one attached hydrogen (secondary N) is 1. The van der Waals surface area contributed by atoms with Crippen LogP contribution in [0.15, 0.2) is 12.1 Å². The topological polar surface area (TPSA) is 12.0 Å². The quantitative estimate of drug-likeness (QED) is 0.822. The van der Waals surface area contributed by atoms with E-state index < -0.39 is 29.4 Å². The van der Waals surface area contributed by atoms with Gasteiger partial charge in [0.15, 0.2) is 0 Å². The predicted molar refractivity (Wildman–Crippen MR) is 56.0 cm³/mol. The van der Waals surface area contributed by atoms with Gasteiger partial charge in [-0.15, -0.1) is 0 Å². The number of rotatable bonds is 2. The highest BCUT2D eigenvalue weighted by molar-refractivity contribution is 5.29. The molecule has 4 heteroatoms. The SMILES string of the molecule is Cc1ccc(F)c(C(F)C2CCCN2)c1F. The third kappa shape index (κ3) is 1.94. The van der Waals surface area contributed by atoms with Gasteiger partial charge in [-0.05, 0) is 37.9 Å². The van der Waals surface area contributed by atoms with E-state index in [1.165, 1.54) is 13.0 Å². The van der Waals surface area contributed by atoms with E-state index in [2.05, 4.69) is 5.32 Å². The second-order valence-electron chi connectivity index (χ2n) is 4.20. The van der Waals surface area contributed by atoms with Crippen LogP contribution in [0.5, 0.6) is 0 Å². The number of benzene rings is 1. The fourth-order valence-corrected chi connectivity index (χ4v) is 2.09. The lowest BCUT2D eigenvalue weighted by molar-refractivity contribution is 0.255. The zero-order chi connectivity index (χ0) is 11.7. The van der Waals surface area contributed by atoms with E-state index >= 15 is 0 Å². The normalized spacial score (nSPS) is 22.4. The first kappa shape index (κ1) is 11.5. The maximum absolute atomic E-state index is 14.0. The van der Waals surface area contributed by atoms with Gasteiger partial charge in [-0.25, -0.2) is 13.2 Å². The van der Waals surface area contributed by atoms with Gasteiger partial charge in [-0.1, -0.05) is 6.07 Å². The highest BCUT2D eigenvalue weighted by Gasteiger charge is 2.30. The summed E-state index contributed by atoms with van der Waals surface area (Å²) >= 11 is 0. The van der Waals surface area contributed by atoms with Crippen LogP contribution in [0.1, 0.15) is 30.1 Å². The van der Waals surface area contributed by atoms with E-state index in [0.717, 1.165) is 12.5 Å². The zero-order valence-corrected chi connectivity index (χ0v) is 9.06. The molecule has 88 valence electrons. The third-order valence-corrected chi connectivity index (χ3v) is 3.05. The van der Waals surface area contributed by atoms with Crippen molar-refractivity contribution in [3.8, 4) is 0 Å².